The van der Waals surface area contributed by atoms with Crippen LogP contribution in [0.4, 0.5) is 0 Å². The molecule has 0 N–H and O–H groups in total. The minimum atomic E-state index is -1.18. The van der Waals surface area contributed by atoms with Crippen LogP contribution in [0.3, 0.4) is 0 Å². The molecule has 0 bridgehead atoms. The molecular formula is C39H39Cl2Zr. The molecule has 4 aromatic rings. The Morgan fingerprint density at radius 2 is 1.29 bits per heavy atom. The largest absolute Gasteiger partial charge is 1.00 e. The van der Waals surface area contributed by atoms with Crippen LogP contribution in [0.5, 0.6) is 0 Å². The molecule has 42 heavy (non-hydrogen) atoms. The summed E-state index contributed by atoms with van der Waals surface area (Å²) in [6.07, 6.45) is 12.5. The van der Waals surface area contributed by atoms with Crippen molar-refractivity contribution in [1.29, 1.82) is 0 Å². The first-order chi connectivity index (χ1) is 19.7. The smallest absolute Gasteiger partial charge is 1.00 e. The summed E-state index contributed by atoms with van der Waals surface area (Å²) in [7, 11) is 0. The van der Waals surface area contributed by atoms with Gasteiger partial charge in [0.05, 0.1) is 0 Å². The SMILES string of the molecule is CCc1ccc2c(c1)[CH]([Zr+2]=[C](c1ccccc1)c1ccccc1)c1c(C3=CC=CC3)c(CC)c(CC)c(CC)c1-2.[Cl-].[Cl-]. The molecule has 0 aliphatic heterocycles. The van der Waals surface area contributed by atoms with E-state index >= 15 is 0 Å². The average molecular weight is 670 g/mol. The van der Waals surface area contributed by atoms with E-state index in [1.165, 1.54) is 27.8 Å². The van der Waals surface area contributed by atoms with Crippen LogP contribution in [0.2, 0.25) is 0 Å². The van der Waals surface area contributed by atoms with Crippen molar-refractivity contribution >= 4 is 8.78 Å². The van der Waals surface area contributed by atoms with Crippen molar-refractivity contribution in [3.05, 3.63) is 147 Å². The second-order valence-corrected chi connectivity index (χ2v) is 14.3. The van der Waals surface area contributed by atoms with Gasteiger partial charge in [0.15, 0.2) is 0 Å². The third-order valence-electron chi connectivity index (χ3n) is 8.83. The van der Waals surface area contributed by atoms with E-state index in [1.54, 1.807) is 42.2 Å². The Balaban J connectivity index is 0.00000202. The van der Waals surface area contributed by atoms with E-state index in [0.717, 1.165) is 32.1 Å². The molecule has 0 aromatic heterocycles. The Kier molecular flexibility index (Phi) is 11.2. The summed E-state index contributed by atoms with van der Waals surface area (Å²) < 4.78 is 2.10. The van der Waals surface area contributed by atoms with Crippen molar-refractivity contribution in [1.82, 2.24) is 0 Å². The summed E-state index contributed by atoms with van der Waals surface area (Å²) in [4.78, 5) is 0. The summed E-state index contributed by atoms with van der Waals surface area (Å²) >= 11 is -1.18. The molecular weight excluding hydrogens is 631 g/mol. The van der Waals surface area contributed by atoms with E-state index in [9.17, 15) is 0 Å². The Labute approximate surface area is 276 Å². The zero-order valence-electron chi connectivity index (χ0n) is 25.1. The standard InChI is InChI=1S/C26H29.C13H10.2ClH.Zr/c1-5-17-13-14-23-19(15-17)16-24-25(18-11-9-10-12-18)21(7-3)20(6-2)22(8-4)26(23)24;1-3-7-12(8-4-1)11-13-9-5-2-6-10-13;;;/h9-11,13-16H,5-8,12H2,1-4H3;1-10H;2*1H;/q;;;;+2/p-2. The maximum atomic E-state index is 2.58. The molecule has 0 amide bonds. The molecule has 213 valence electrons. The number of hydrogen-bond acceptors (Lipinski definition) is 0. The summed E-state index contributed by atoms with van der Waals surface area (Å²) in [5.74, 6) is 0. The van der Waals surface area contributed by atoms with E-state index in [4.69, 9.17) is 0 Å². The van der Waals surface area contributed by atoms with Crippen molar-refractivity contribution in [2.75, 3.05) is 0 Å². The molecule has 0 saturated carbocycles. The van der Waals surface area contributed by atoms with Gasteiger partial charge in [-0.1, -0.05) is 0 Å². The minimum Gasteiger partial charge on any atom is -1.00 e. The molecule has 0 saturated heterocycles. The summed E-state index contributed by atoms with van der Waals surface area (Å²) in [5.41, 5.74) is 18.6. The van der Waals surface area contributed by atoms with Crippen LogP contribution >= 0.6 is 0 Å². The normalized spacial score (nSPS) is 14.3. The second kappa shape index (κ2) is 14.4. The van der Waals surface area contributed by atoms with Gasteiger partial charge < -0.3 is 24.8 Å². The molecule has 1 atom stereocenters. The van der Waals surface area contributed by atoms with Crippen molar-refractivity contribution < 1.29 is 47.6 Å². The van der Waals surface area contributed by atoms with Gasteiger partial charge in [0.2, 0.25) is 0 Å². The predicted octanol–water partition coefficient (Wildman–Crippen LogP) is 3.71. The molecule has 2 aliphatic carbocycles. The maximum Gasteiger partial charge on any atom is -1.00 e. The van der Waals surface area contributed by atoms with Crippen LogP contribution < -0.4 is 24.8 Å². The third kappa shape index (κ3) is 5.78. The summed E-state index contributed by atoms with van der Waals surface area (Å²) in [6, 6.07) is 29.9. The quantitative estimate of drug-likeness (QED) is 0.269. The maximum absolute atomic E-state index is 2.58. The number of aryl methyl sites for hydroxylation is 1. The Hall–Kier alpha value is -2.31. The van der Waals surface area contributed by atoms with Crippen molar-refractivity contribution in [3.63, 3.8) is 0 Å². The molecule has 6 rings (SSSR count). The van der Waals surface area contributed by atoms with Crippen LogP contribution in [0, 0.1) is 0 Å². The van der Waals surface area contributed by atoms with E-state index < -0.39 is 22.8 Å². The summed E-state index contributed by atoms with van der Waals surface area (Å²) in [5, 5.41) is 0. The molecule has 0 radical (unpaired) electrons. The number of rotatable bonds is 8. The number of allylic oxidation sites excluding steroid dienone is 4. The van der Waals surface area contributed by atoms with Crippen molar-refractivity contribution in [2.24, 2.45) is 0 Å². The Morgan fingerprint density at radius 3 is 1.81 bits per heavy atom. The van der Waals surface area contributed by atoms with Crippen LogP contribution in [0.25, 0.3) is 16.7 Å². The van der Waals surface area contributed by atoms with E-state index in [2.05, 4.69) is 125 Å². The van der Waals surface area contributed by atoms with Gasteiger partial charge in [0.1, 0.15) is 0 Å². The fourth-order valence-corrected chi connectivity index (χ4v) is 11.4. The molecule has 4 aromatic carbocycles. The molecule has 0 nitrogen and oxygen atoms in total. The fourth-order valence-electron chi connectivity index (χ4n) is 7.03. The second-order valence-electron chi connectivity index (χ2n) is 10.9. The van der Waals surface area contributed by atoms with E-state index in [1.807, 2.05) is 0 Å². The topological polar surface area (TPSA) is 0 Å². The van der Waals surface area contributed by atoms with Gasteiger partial charge >= 0.3 is 253 Å². The first-order valence-electron chi connectivity index (χ1n) is 15.1. The van der Waals surface area contributed by atoms with Crippen LogP contribution in [0.1, 0.15) is 87.8 Å². The van der Waals surface area contributed by atoms with E-state index in [0.29, 0.717) is 3.63 Å². The predicted molar refractivity (Wildman–Crippen MR) is 169 cm³/mol. The molecule has 3 heteroatoms. The molecule has 0 spiro atoms. The molecule has 0 fully saturated rings. The fraction of sp³-hybridized carbons (Fsp3) is 0.256. The van der Waals surface area contributed by atoms with Gasteiger partial charge in [-0.15, -0.1) is 0 Å². The van der Waals surface area contributed by atoms with Gasteiger partial charge in [-0.3, -0.25) is 0 Å². The Morgan fingerprint density at radius 1 is 0.690 bits per heavy atom. The summed E-state index contributed by atoms with van der Waals surface area (Å²) in [6.45, 7) is 9.42. The van der Waals surface area contributed by atoms with E-state index in [-0.39, 0.29) is 24.8 Å². The number of benzene rings is 4. The van der Waals surface area contributed by atoms with Crippen LogP contribution in [-0.2, 0) is 48.4 Å². The minimum absolute atomic E-state index is 0. The number of hydrogen-bond donors (Lipinski definition) is 0. The monoisotopic (exact) mass is 667 g/mol. The zero-order chi connectivity index (χ0) is 27.6. The van der Waals surface area contributed by atoms with Crippen LogP contribution in [0.15, 0.2) is 97.1 Å². The van der Waals surface area contributed by atoms with Gasteiger partial charge in [0, 0.05) is 0 Å². The van der Waals surface area contributed by atoms with Crippen molar-refractivity contribution in [2.45, 2.75) is 63.4 Å². The molecule has 1 unspecified atom stereocenters. The number of halogens is 2. The van der Waals surface area contributed by atoms with Gasteiger partial charge in [-0.2, -0.15) is 0 Å². The first kappa shape index (κ1) is 32.6. The number of fused-ring (bicyclic) bond motifs is 3. The average Bonchev–Trinajstić information content (AvgIpc) is 3.66. The molecule has 2 aliphatic rings. The van der Waals surface area contributed by atoms with Gasteiger partial charge in [-0.25, -0.2) is 0 Å². The van der Waals surface area contributed by atoms with Crippen molar-refractivity contribution in [3.8, 4) is 11.1 Å². The van der Waals surface area contributed by atoms with Crippen LogP contribution in [-0.4, -0.2) is 3.21 Å². The third-order valence-corrected chi connectivity index (χ3v) is 13.1. The van der Waals surface area contributed by atoms with Gasteiger partial charge in [-0.05, 0) is 0 Å². The molecule has 0 heterocycles. The zero-order valence-corrected chi connectivity index (χ0v) is 29.1. The first-order valence-corrected chi connectivity index (χ1v) is 17.8. The van der Waals surface area contributed by atoms with Gasteiger partial charge in [0.25, 0.3) is 0 Å². The Bertz CT molecular complexity index is 1600.